The molecule has 8 heteroatoms. The summed E-state index contributed by atoms with van der Waals surface area (Å²) in [7, 11) is 0. The van der Waals surface area contributed by atoms with Crippen molar-refractivity contribution in [2.24, 2.45) is 5.41 Å². The maximum atomic E-state index is 12.9. The molecule has 2 rings (SSSR count). The third kappa shape index (κ3) is 5.72. The van der Waals surface area contributed by atoms with Crippen molar-refractivity contribution in [2.45, 2.75) is 64.5 Å². The first-order valence-electron chi connectivity index (χ1n) is 9.10. The maximum absolute atomic E-state index is 12.9. The average Bonchev–Trinajstić information content (AvgIpc) is 3.23. The molecule has 2 amide bonds. The Morgan fingerprint density at radius 3 is 2.62 bits per heavy atom. The van der Waals surface area contributed by atoms with Crippen molar-refractivity contribution in [1.29, 1.82) is 0 Å². The molecule has 1 aliphatic carbocycles. The van der Waals surface area contributed by atoms with Gasteiger partial charge in [-0.1, -0.05) is 12.8 Å². The van der Waals surface area contributed by atoms with Crippen LogP contribution in [0.25, 0.3) is 0 Å². The third-order valence-electron chi connectivity index (χ3n) is 4.59. The van der Waals surface area contributed by atoms with Gasteiger partial charge in [-0.05, 0) is 33.6 Å². The maximum Gasteiger partial charge on any atom is 0.407 e. The van der Waals surface area contributed by atoms with Gasteiger partial charge in [-0.25, -0.2) is 9.78 Å². The van der Waals surface area contributed by atoms with E-state index in [9.17, 15) is 14.7 Å². The Bertz CT molecular complexity index is 589. The average molecular weight is 366 g/mol. The van der Waals surface area contributed by atoms with E-state index >= 15 is 0 Å². The van der Waals surface area contributed by atoms with Crippen LogP contribution >= 0.6 is 0 Å². The summed E-state index contributed by atoms with van der Waals surface area (Å²) in [6.45, 7) is 5.46. The van der Waals surface area contributed by atoms with Gasteiger partial charge >= 0.3 is 6.09 Å². The second kappa shape index (κ2) is 8.53. The highest BCUT2D eigenvalue weighted by molar-refractivity contribution is 5.84. The molecule has 26 heavy (non-hydrogen) atoms. The van der Waals surface area contributed by atoms with Crippen LogP contribution in [0.5, 0.6) is 0 Å². The lowest BCUT2D eigenvalue weighted by Crippen LogP contribution is -2.51. The number of hydrogen-bond donors (Lipinski definition) is 4. The molecule has 0 aliphatic heterocycles. The van der Waals surface area contributed by atoms with Gasteiger partial charge in [0.15, 0.2) is 0 Å². The van der Waals surface area contributed by atoms with Crippen LogP contribution in [0.1, 0.15) is 52.1 Å². The van der Waals surface area contributed by atoms with Gasteiger partial charge in [-0.2, -0.15) is 0 Å². The molecule has 1 saturated carbocycles. The van der Waals surface area contributed by atoms with E-state index < -0.39 is 23.2 Å². The van der Waals surface area contributed by atoms with Crippen molar-refractivity contribution in [2.75, 3.05) is 13.2 Å². The van der Waals surface area contributed by atoms with Crippen LogP contribution in [0.15, 0.2) is 12.5 Å². The SMILES string of the molecule is CC(C)(C)OC(=O)NCC1(C(=O)N[C@H](CO)Cc2cnc[nH]2)CCCC1. The minimum atomic E-state index is -0.654. The standard InChI is InChI=1S/C18H30N4O4/c1-17(2,3)26-16(25)20-11-18(6-4-5-7-18)15(24)22-14(10-23)8-13-9-19-12-21-13/h9,12,14,23H,4-8,10-11H2,1-3H3,(H,19,21)(H,20,25)(H,22,24)/t14-/m0/s1. The largest absolute Gasteiger partial charge is 0.444 e. The molecule has 1 atom stereocenters. The molecule has 8 nitrogen and oxygen atoms in total. The number of carbonyl (C=O) groups is 2. The number of aromatic amines is 1. The summed E-state index contributed by atoms with van der Waals surface area (Å²) >= 11 is 0. The smallest absolute Gasteiger partial charge is 0.407 e. The minimum Gasteiger partial charge on any atom is -0.444 e. The molecule has 0 saturated heterocycles. The highest BCUT2D eigenvalue weighted by Crippen LogP contribution is 2.38. The molecule has 0 bridgehead atoms. The van der Waals surface area contributed by atoms with Crippen LogP contribution < -0.4 is 10.6 Å². The fraction of sp³-hybridized carbons (Fsp3) is 0.722. The molecular weight excluding hydrogens is 336 g/mol. The van der Waals surface area contributed by atoms with Crippen LogP contribution in [0, 0.1) is 5.41 Å². The van der Waals surface area contributed by atoms with E-state index in [4.69, 9.17) is 4.74 Å². The van der Waals surface area contributed by atoms with Crippen LogP contribution in [0.3, 0.4) is 0 Å². The Kier molecular flexibility index (Phi) is 6.63. The second-order valence-electron chi connectivity index (χ2n) is 7.98. The van der Waals surface area contributed by atoms with Crippen LogP contribution in [0.4, 0.5) is 4.79 Å². The minimum absolute atomic E-state index is 0.135. The normalized spacial score (nSPS) is 17.5. The number of aliphatic hydroxyl groups excluding tert-OH is 1. The molecule has 146 valence electrons. The molecule has 0 spiro atoms. The van der Waals surface area contributed by atoms with E-state index in [-0.39, 0.29) is 19.1 Å². The molecular formula is C18H30N4O4. The molecule has 0 aromatic carbocycles. The van der Waals surface area contributed by atoms with Crippen molar-refractivity contribution in [3.05, 3.63) is 18.2 Å². The molecule has 1 heterocycles. The van der Waals surface area contributed by atoms with Gasteiger partial charge in [0.2, 0.25) is 5.91 Å². The number of H-pyrrole nitrogens is 1. The number of carbonyl (C=O) groups excluding carboxylic acids is 2. The Balaban J connectivity index is 1.96. The van der Waals surface area contributed by atoms with Gasteiger partial charge in [0.25, 0.3) is 0 Å². The lowest BCUT2D eigenvalue weighted by Gasteiger charge is -2.30. The Morgan fingerprint density at radius 1 is 1.38 bits per heavy atom. The fourth-order valence-corrected chi connectivity index (χ4v) is 3.25. The monoisotopic (exact) mass is 366 g/mol. The summed E-state index contributed by atoms with van der Waals surface area (Å²) in [6.07, 6.45) is 6.47. The molecule has 4 N–H and O–H groups in total. The van der Waals surface area contributed by atoms with E-state index in [2.05, 4.69) is 20.6 Å². The highest BCUT2D eigenvalue weighted by Gasteiger charge is 2.42. The number of ether oxygens (including phenoxy) is 1. The molecule has 1 aliphatic rings. The first-order valence-corrected chi connectivity index (χ1v) is 9.10. The van der Waals surface area contributed by atoms with Crippen molar-refractivity contribution in [1.82, 2.24) is 20.6 Å². The van der Waals surface area contributed by atoms with Crippen molar-refractivity contribution in [3.63, 3.8) is 0 Å². The van der Waals surface area contributed by atoms with Gasteiger partial charge in [-0.3, -0.25) is 4.79 Å². The number of aliphatic hydroxyl groups is 1. The molecule has 0 unspecified atom stereocenters. The second-order valence-corrected chi connectivity index (χ2v) is 7.98. The Hall–Kier alpha value is -2.09. The molecule has 0 radical (unpaired) electrons. The summed E-state index contributed by atoms with van der Waals surface area (Å²) in [5.41, 5.74) is -0.392. The lowest BCUT2D eigenvalue weighted by molar-refractivity contribution is -0.131. The first kappa shape index (κ1) is 20.2. The van der Waals surface area contributed by atoms with Crippen molar-refractivity contribution < 1.29 is 19.4 Å². The number of nitrogens with zero attached hydrogens (tertiary/aromatic N) is 1. The van der Waals surface area contributed by atoms with Crippen molar-refractivity contribution in [3.8, 4) is 0 Å². The van der Waals surface area contributed by atoms with Crippen LogP contribution in [-0.4, -0.2) is 51.9 Å². The topological polar surface area (TPSA) is 116 Å². The Morgan fingerprint density at radius 2 is 2.08 bits per heavy atom. The fourth-order valence-electron chi connectivity index (χ4n) is 3.25. The summed E-state index contributed by atoms with van der Waals surface area (Å²) in [4.78, 5) is 31.8. The van der Waals surface area contributed by atoms with Crippen molar-refractivity contribution >= 4 is 12.0 Å². The number of amides is 2. The van der Waals surface area contributed by atoms with Gasteiger partial charge in [0.05, 0.1) is 24.4 Å². The van der Waals surface area contributed by atoms with Gasteiger partial charge in [0, 0.05) is 24.9 Å². The van der Waals surface area contributed by atoms with E-state index in [0.29, 0.717) is 19.3 Å². The zero-order chi connectivity index (χ0) is 19.2. The Labute approximate surface area is 154 Å². The molecule has 1 aromatic heterocycles. The zero-order valence-corrected chi connectivity index (χ0v) is 15.8. The van der Waals surface area contributed by atoms with Gasteiger partial charge in [-0.15, -0.1) is 0 Å². The number of alkyl carbamates (subject to hydrolysis) is 1. The number of imidazole rings is 1. The molecule has 1 fully saturated rings. The number of rotatable bonds is 7. The van der Waals surface area contributed by atoms with Gasteiger partial charge in [0.1, 0.15) is 5.60 Å². The first-order chi connectivity index (χ1) is 12.2. The van der Waals surface area contributed by atoms with Gasteiger partial charge < -0.3 is 25.5 Å². The quantitative estimate of drug-likeness (QED) is 0.584. The zero-order valence-electron chi connectivity index (χ0n) is 15.8. The van der Waals surface area contributed by atoms with E-state index in [1.807, 2.05) is 0 Å². The van der Waals surface area contributed by atoms with E-state index in [1.54, 1.807) is 33.3 Å². The molecule has 1 aromatic rings. The number of nitrogens with one attached hydrogen (secondary N) is 3. The van der Waals surface area contributed by atoms with E-state index in [0.717, 1.165) is 18.5 Å². The third-order valence-corrected chi connectivity index (χ3v) is 4.59. The predicted molar refractivity (Wildman–Crippen MR) is 96.4 cm³/mol. The summed E-state index contributed by atoms with van der Waals surface area (Å²) < 4.78 is 5.26. The van der Waals surface area contributed by atoms with E-state index in [1.165, 1.54) is 0 Å². The summed E-state index contributed by atoms with van der Waals surface area (Å²) in [6, 6.07) is -0.401. The van der Waals surface area contributed by atoms with Crippen LogP contribution in [0.2, 0.25) is 0 Å². The predicted octanol–water partition coefficient (Wildman–Crippen LogP) is 1.51. The summed E-state index contributed by atoms with van der Waals surface area (Å²) in [5, 5.41) is 15.3. The van der Waals surface area contributed by atoms with Crippen LogP contribution in [-0.2, 0) is 16.0 Å². The number of aromatic nitrogens is 2. The lowest BCUT2D eigenvalue weighted by atomic mass is 9.84. The summed E-state index contributed by atoms with van der Waals surface area (Å²) in [5.74, 6) is -0.135. The highest BCUT2D eigenvalue weighted by atomic mass is 16.6. The number of hydrogen-bond acceptors (Lipinski definition) is 5.